The number of ketones is 1. The Labute approximate surface area is 104 Å². The summed E-state index contributed by atoms with van der Waals surface area (Å²) in [5, 5.41) is 3.12. The van der Waals surface area contributed by atoms with Gasteiger partial charge in [0.1, 0.15) is 5.78 Å². The molecule has 17 heavy (non-hydrogen) atoms. The second-order valence-corrected chi connectivity index (χ2v) is 5.10. The van der Waals surface area contributed by atoms with Crippen molar-refractivity contribution in [3.8, 4) is 0 Å². The largest absolute Gasteiger partial charge is 0.353 e. The van der Waals surface area contributed by atoms with Crippen LogP contribution in [-0.2, 0) is 9.59 Å². The summed E-state index contributed by atoms with van der Waals surface area (Å²) in [4.78, 5) is 23.2. The number of carbonyl (C=O) groups excluding carboxylic acids is 2. The molecule has 0 atom stereocenters. The topological polar surface area (TPSA) is 46.2 Å². The number of carbonyl (C=O) groups is 2. The summed E-state index contributed by atoms with van der Waals surface area (Å²) < 4.78 is 0. The van der Waals surface area contributed by atoms with Crippen molar-refractivity contribution in [1.82, 2.24) is 5.32 Å². The van der Waals surface area contributed by atoms with Crippen LogP contribution in [0.1, 0.15) is 65.2 Å². The zero-order chi connectivity index (χ0) is 12.7. The monoisotopic (exact) mass is 239 g/mol. The van der Waals surface area contributed by atoms with Crippen LogP contribution in [0.2, 0.25) is 0 Å². The highest BCUT2D eigenvalue weighted by molar-refractivity contribution is 5.81. The van der Waals surface area contributed by atoms with Crippen molar-refractivity contribution in [2.45, 2.75) is 71.3 Å². The molecule has 1 amide bonds. The molecule has 3 nitrogen and oxygen atoms in total. The molecule has 3 heteroatoms. The average molecular weight is 239 g/mol. The van der Waals surface area contributed by atoms with Gasteiger partial charge in [0.05, 0.1) is 0 Å². The minimum atomic E-state index is 0.169. The van der Waals surface area contributed by atoms with E-state index >= 15 is 0 Å². The van der Waals surface area contributed by atoms with Crippen molar-refractivity contribution in [2.75, 3.05) is 0 Å². The van der Waals surface area contributed by atoms with Gasteiger partial charge in [0.2, 0.25) is 5.91 Å². The maximum Gasteiger partial charge on any atom is 0.223 e. The lowest BCUT2D eigenvalue weighted by Gasteiger charge is -2.25. The van der Waals surface area contributed by atoms with E-state index in [1.165, 1.54) is 0 Å². The van der Waals surface area contributed by atoms with Crippen molar-refractivity contribution in [1.29, 1.82) is 0 Å². The minimum Gasteiger partial charge on any atom is -0.353 e. The molecule has 1 rings (SSSR count). The van der Waals surface area contributed by atoms with Crippen LogP contribution in [0, 0.1) is 5.92 Å². The highest BCUT2D eigenvalue weighted by Gasteiger charge is 2.23. The van der Waals surface area contributed by atoms with Crippen LogP contribution in [0.4, 0.5) is 0 Å². The van der Waals surface area contributed by atoms with E-state index in [4.69, 9.17) is 0 Å². The van der Waals surface area contributed by atoms with Crippen molar-refractivity contribution < 1.29 is 9.59 Å². The van der Waals surface area contributed by atoms with Crippen LogP contribution in [0.5, 0.6) is 0 Å². The summed E-state index contributed by atoms with van der Waals surface area (Å²) in [7, 11) is 0. The second-order valence-electron chi connectivity index (χ2n) is 5.10. The van der Waals surface area contributed by atoms with E-state index in [9.17, 15) is 9.59 Å². The van der Waals surface area contributed by atoms with Crippen molar-refractivity contribution in [3.63, 3.8) is 0 Å². The molecule has 0 bridgehead atoms. The van der Waals surface area contributed by atoms with Crippen LogP contribution in [0.15, 0.2) is 0 Å². The van der Waals surface area contributed by atoms with E-state index in [0.717, 1.165) is 38.5 Å². The van der Waals surface area contributed by atoms with Crippen LogP contribution in [0.25, 0.3) is 0 Å². The van der Waals surface area contributed by atoms with Gasteiger partial charge in [0.25, 0.3) is 0 Å². The van der Waals surface area contributed by atoms with E-state index in [0.29, 0.717) is 18.6 Å². The minimum absolute atomic E-state index is 0.169. The number of rotatable bonds is 6. The summed E-state index contributed by atoms with van der Waals surface area (Å²) in [6.07, 6.45) is 7.00. The molecule has 0 spiro atoms. The summed E-state index contributed by atoms with van der Waals surface area (Å²) >= 11 is 0. The Kier molecular flexibility index (Phi) is 6.23. The van der Waals surface area contributed by atoms with E-state index in [1.54, 1.807) is 0 Å². The molecular weight excluding hydrogens is 214 g/mol. The number of Topliss-reactive ketones (excluding diaryl/α,β-unsaturated/α-hetero) is 1. The fourth-order valence-corrected chi connectivity index (χ4v) is 2.51. The lowest BCUT2D eigenvalue weighted by Crippen LogP contribution is -2.41. The first-order valence-corrected chi connectivity index (χ1v) is 6.99. The maximum atomic E-state index is 12.1. The first-order valence-electron chi connectivity index (χ1n) is 6.99. The van der Waals surface area contributed by atoms with Crippen LogP contribution in [-0.4, -0.2) is 17.7 Å². The van der Waals surface area contributed by atoms with Crippen molar-refractivity contribution in [3.05, 3.63) is 0 Å². The molecule has 0 heterocycles. The summed E-state index contributed by atoms with van der Waals surface area (Å²) in [5.41, 5.74) is 0. The molecule has 1 fully saturated rings. The van der Waals surface area contributed by atoms with Crippen molar-refractivity contribution in [2.24, 2.45) is 5.92 Å². The molecule has 98 valence electrons. The number of amides is 1. The molecule has 1 N–H and O–H groups in total. The molecule has 1 saturated carbocycles. The first kappa shape index (κ1) is 14.2. The predicted molar refractivity (Wildman–Crippen MR) is 68.7 cm³/mol. The zero-order valence-corrected chi connectivity index (χ0v) is 11.1. The van der Waals surface area contributed by atoms with Gasteiger partial charge >= 0.3 is 0 Å². The van der Waals surface area contributed by atoms with E-state index in [1.807, 2.05) is 0 Å². The molecule has 0 saturated heterocycles. The Morgan fingerprint density at radius 3 is 2.24 bits per heavy atom. The third-order valence-electron chi connectivity index (χ3n) is 3.53. The zero-order valence-electron chi connectivity index (χ0n) is 11.1. The fraction of sp³-hybridized carbons (Fsp3) is 0.857. The molecule has 1 aliphatic rings. The number of hydrogen-bond acceptors (Lipinski definition) is 2. The Morgan fingerprint density at radius 2 is 1.76 bits per heavy atom. The van der Waals surface area contributed by atoms with Crippen LogP contribution >= 0.6 is 0 Å². The quantitative estimate of drug-likeness (QED) is 0.774. The molecule has 0 unspecified atom stereocenters. The van der Waals surface area contributed by atoms with Gasteiger partial charge in [-0.2, -0.15) is 0 Å². The third kappa shape index (κ3) is 4.88. The van der Waals surface area contributed by atoms with Gasteiger partial charge in [-0.1, -0.05) is 26.7 Å². The SMILES string of the molecule is CCCC(CCC)C(=O)NC1CCC(=O)CC1. The molecule has 1 aliphatic carbocycles. The lowest BCUT2D eigenvalue weighted by molar-refractivity contribution is -0.128. The third-order valence-corrected chi connectivity index (χ3v) is 3.53. The predicted octanol–water partition coefficient (Wildman–Crippen LogP) is 2.83. The normalized spacial score (nSPS) is 17.5. The van der Waals surface area contributed by atoms with E-state index < -0.39 is 0 Å². The Hall–Kier alpha value is -0.860. The average Bonchev–Trinajstić information content (AvgIpc) is 2.32. The van der Waals surface area contributed by atoms with Gasteiger partial charge in [-0.05, 0) is 25.7 Å². The molecular formula is C14H25NO2. The molecule has 0 radical (unpaired) electrons. The molecule has 0 aromatic carbocycles. The Bertz CT molecular complexity index is 247. The lowest BCUT2D eigenvalue weighted by atomic mass is 9.92. The Balaban J connectivity index is 2.37. The summed E-state index contributed by atoms with van der Waals surface area (Å²) in [6, 6.07) is 0.233. The maximum absolute atomic E-state index is 12.1. The van der Waals surface area contributed by atoms with Crippen LogP contribution < -0.4 is 5.32 Å². The van der Waals surface area contributed by atoms with Gasteiger partial charge in [-0.15, -0.1) is 0 Å². The highest BCUT2D eigenvalue weighted by atomic mass is 16.2. The van der Waals surface area contributed by atoms with Gasteiger partial charge in [0, 0.05) is 24.8 Å². The van der Waals surface area contributed by atoms with Crippen molar-refractivity contribution >= 4 is 11.7 Å². The van der Waals surface area contributed by atoms with Crippen LogP contribution in [0.3, 0.4) is 0 Å². The van der Waals surface area contributed by atoms with Gasteiger partial charge in [-0.3, -0.25) is 9.59 Å². The fourth-order valence-electron chi connectivity index (χ4n) is 2.51. The molecule has 0 aromatic rings. The van der Waals surface area contributed by atoms with Gasteiger partial charge < -0.3 is 5.32 Å². The van der Waals surface area contributed by atoms with E-state index in [-0.39, 0.29) is 17.9 Å². The summed E-state index contributed by atoms with van der Waals surface area (Å²) in [5.74, 6) is 0.713. The standard InChI is InChI=1S/C14H25NO2/c1-3-5-11(6-4-2)14(17)15-12-7-9-13(16)10-8-12/h11-12H,3-10H2,1-2H3,(H,15,17). The summed E-state index contributed by atoms with van der Waals surface area (Å²) in [6.45, 7) is 4.24. The highest BCUT2D eigenvalue weighted by Crippen LogP contribution is 2.18. The van der Waals surface area contributed by atoms with Gasteiger partial charge in [0.15, 0.2) is 0 Å². The second kappa shape index (κ2) is 7.46. The molecule has 0 aromatic heterocycles. The van der Waals surface area contributed by atoms with E-state index in [2.05, 4.69) is 19.2 Å². The van der Waals surface area contributed by atoms with Gasteiger partial charge in [-0.25, -0.2) is 0 Å². The Morgan fingerprint density at radius 1 is 1.24 bits per heavy atom. The number of hydrogen-bond donors (Lipinski definition) is 1. The molecule has 0 aliphatic heterocycles. The first-order chi connectivity index (χ1) is 8.17. The smallest absolute Gasteiger partial charge is 0.223 e. The number of nitrogens with one attached hydrogen (secondary N) is 1.